The van der Waals surface area contributed by atoms with Crippen LogP contribution in [0.4, 0.5) is 0 Å². The summed E-state index contributed by atoms with van der Waals surface area (Å²) in [7, 11) is 0. The predicted molar refractivity (Wildman–Crippen MR) is 82.6 cm³/mol. The zero-order valence-corrected chi connectivity index (χ0v) is 13.2. The van der Waals surface area contributed by atoms with Crippen molar-refractivity contribution in [1.29, 1.82) is 0 Å². The molecule has 1 N–H and O–H groups in total. The van der Waals surface area contributed by atoms with E-state index in [9.17, 15) is 0 Å². The summed E-state index contributed by atoms with van der Waals surface area (Å²) < 4.78 is 1.72. The van der Waals surface area contributed by atoms with Gasteiger partial charge < -0.3 is 5.11 Å². The van der Waals surface area contributed by atoms with Crippen LogP contribution in [0.15, 0.2) is 0 Å². The van der Waals surface area contributed by atoms with Crippen LogP contribution < -0.4 is 0 Å². The molecule has 0 saturated heterocycles. The van der Waals surface area contributed by atoms with Crippen molar-refractivity contribution in [3.63, 3.8) is 0 Å². The SMILES string of the molecule is OCc1nnnn1CCCCCCC1CCCCCCC1. The van der Waals surface area contributed by atoms with Gasteiger partial charge in [-0.3, -0.25) is 0 Å². The molecule has 0 aliphatic heterocycles. The summed E-state index contributed by atoms with van der Waals surface area (Å²) in [6.07, 6.45) is 16.6. The molecule has 1 aromatic heterocycles. The lowest BCUT2D eigenvalue weighted by Crippen LogP contribution is -2.06. The lowest BCUT2D eigenvalue weighted by Gasteiger charge is -2.19. The third-order valence-corrected chi connectivity index (χ3v) is 4.70. The fraction of sp³-hybridized carbons (Fsp3) is 0.938. The first-order valence-corrected chi connectivity index (χ1v) is 8.76. The Kier molecular flexibility index (Phi) is 7.71. The van der Waals surface area contributed by atoms with Gasteiger partial charge in [-0.2, -0.15) is 0 Å². The van der Waals surface area contributed by atoms with Crippen LogP contribution in [-0.2, 0) is 13.2 Å². The van der Waals surface area contributed by atoms with Crippen LogP contribution in [0.5, 0.6) is 0 Å². The Hall–Kier alpha value is -0.970. The van der Waals surface area contributed by atoms with Gasteiger partial charge >= 0.3 is 0 Å². The average molecular weight is 294 g/mol. The number of aliphatic hydroxyl groups excluding tert-OH is 1. The maximum Gasteiger partial charge on any atom is 0.176 e. The van der Waals surface area contributed by atoms with Gasteiger partial charge in [-0.15, -0.1) is 5.10 Å². The highest BCUT2D eigenvalue weighted by Crippen LogP contribution is 2.26. The van der Waals surface area contributed by atoms with Crippen molar-refractivity contribution in [1.82, 2.24) is 20.2 Å². The van der Waals surface area contributed by atoms with Crippen LogP contribution in [0.3, 0.4) is 0 Å². The summed E-state index contributed by atoms with van der Waals surface area (Å²) >= 11 is 0. The van der Waals surface area contributed by atoms with Crippen LogP contribution in [-0.4, -0.2) is 25.3 Å². The number of rotatable bonds is 8. The lowest BCUT2D eigenvalue weighted by atomic mass is 9.87. The third-order valence-electron chi connectivity index (χ3n) is 4.70. The molecule has 5 heteroatoms. The standard InChI is InChI=1S/C16H30N4O/c21-14-16-17-18-19-20(16)13-9-5-4-8-12-15-10-6-2-1-3-7-11-15/h15,21H,1-14H2. The molecule has 1 fully saturated rings. The highest BCUT2D eigenvalue weighted by molar-refractivity contribution is 4.75. The van der Waals surface area contributed by atoms with Crippen molar-refractivity contribution in [3.05, 3.63) is 5.82 Å². The second-order valence-corrected chi connectivity index (χ2v) is 6.39. The first kappa shape index (κ1) is 16.4. The monoisotopic (exact) mass is 294 g/mol. The topological polar surface area (TPSA) is 63.8 Å². The quantitative estimate of drug-likeness (QED) is 0.746. The average Bonchev–Trinajstić information content (AvgIpc) is 2.91. The minimum atomic E-state index is -0.0747. The summed E-state index contributed by atoms with van der Waals surface area (Å²) in [6, 6.07) is 0. The maximum absolute atomic E-state index is 9.07. The van der Waals surface area contributed by atoms with E-state index in [-0.39, 0.29) is 6.61 Å². The van der Waals surface area contributed by atoms with Crippen LogP contribution in [0.1, 0.15) is 82.9 Å². The van der Waals surface area contributed by atoms with Gasteiger partial charge in [-0.25, -0.2) is 4.68 Å². The number of nitrogens with zero attached hydrogens (tertiary/aromatic N) is 4. The second kappa shape index (κ2) is 9.87. The summed E-state index contributed by atoms with van der Waals surface area (Å²) in [5.74, 6) is 1.57. The Bertz CT molecular complexity index is 372. The summed E-state index contributed by atoms with van der Waals surface area (Å²) in [5, 5.41) is 20.3. The zero-order chi connectivity index (χ0) is 14.8. The number of aryl methyl sites for hydroxylation is 1. The van der Waals surface area contributed by atoms with Crippen LogP contribution in [0, 0.1) is 5.92 Å². The molecule has 0 spiro atoms. The molecular formula is C16H30N4O. The van der Waals surface area contributed by atoms with Gasteiger partial charge in [-0.1, -0.05) is 70.6 Å². The van der Waals surface area contributed by atoms with Crippen molar-refractivity contribution in [2.45, 2.75) is 90.2 Å². The van der Waals surface area contributed by atoms with Gasteiger partial charge in [0.05, 0.1) is 0 Å². The molecule has 1 aliphatic rings. The van der Waals surface area contributed by atoms with Gasteiger partial charge in [0.2, 0.25) is 0 Å². The van der Waals surface area contributed by atoms with Crippen molar-refractivity contribution < 1.29 is 5.11 Å². The zero-order valence-electron chi connectivity index (χ0n) is 13.2. The van der Waals surface area contributed by atoms with E-state index in [0.717, 1.165) is 18.9 Å². The van der Waals surface area contributed by atoms with E-state index in [1.165, 1.54) is 70.6 Å². The van der Waals surface area contributed by atoms with Crippen LogP contribution in [0.2, 0.25) is 0 Å². The van der Waals surface area contributed by atoms with Crippen molar-refractivity contribution in [2.75, 3.05) is 0 Å². The molecule has 1 aromatic rings. The third kappa shape index (κ3) is 6.12. The molecule has 0 atom stereocenters. The molecule has 1 saturated carbocycles. The van der Waals surface area contributed by atoms with Crippen LogP contribution >= 0.6 is 0 Å². The molecule has 5 nitrogen and oxygen atoms in total. The van der Waals surface area contributed by atoms with Crippen LogP contribution in [0.25, 0.3) is 0 Å². The minimum absolute atomic E-state index is 0.0747. The fourth-order valence-electron chi connectivity index (χ4n) is 3.39. The van der Waals surface area contributed by atoms with Gasteiger partial charge in [-0.05, 0) is 22.8 Å². The Morgan fingerprint density at radius 2 is 1.67 bits per heavy atom. The summed E-state index contributed by atoms with van der Waals surface area (Å²) in [5.41, 5.74) is 0. The smallest absolute Gasteiger partial charge is 0.176 e. The van der Waals surface area contributed by atoms with E-state index in [0.29, 0.717) is 5.82 Å². The number of tetrazole rings is 1. The molecule has 120 valence electrons. The van der Waals surface area contributed by atoms with Gasteiger partial charge in [0.15, 0.2) is 5.82 Å². The summed E-state index contributed by atoms with van der Waals surface area (Å²) in [6.45, 7) is 0.751. The Morgan fingerprint density at radius 1 is 0.952 bits per heavy atom. The second-order valence-electron chi connectivity index (χ2n) is 6.39. The Balaban J connectivity index is 1.51. The first-order valence-electron chi connectivity index (χ1n) is 8.76. The van der Waals surface area contributed by atoms with Gasteiger partial charge in [0.25, 0.3) is 0 Å². The highest BCUT2D eigenvalue weighted by atomic mass is 16.3. The molecular weight excluding hydrogens is 264 g/mol. The Morgan fingerprint density at radius 3 is 2.43 bits per heavy atom. The largest absolute Gasteiger partial charge is 0.388 e. The molecule has 0 aromatic carbocycles. The number of aliphatic hydroxyl groups is 1. The number of hydrogen-bond donors (Lipinski definition) is 1. The van der Waals surface area contributed by atoms with E-state index < -0.39 is 0 Å². The molecule has 0 amide bonds. The molecule has 1 heterocycles. The van der Waals surface area contributed by atoms with E-state index >= 15 is 0 Å². The Labute approximate surface area is 128 Å². The van der Waals surface area contributed by atoms with E-state index in [1.807, 2.05) is 0 Å². The molecule has 1 aliphatic carbocycles. The highest BCUT2D eigenvalue weighted by Gasteiger charge is 2.10. The minimum Gasteiger partial charge on any atom is -0.388 e. The normalized spacial score (nSPS) is 17.6. The molecule has 21 heavy (non-hydrogen) atoms. The molecule has 0 radical (unpaired) electrons. The van der Waals surface area contributed by atoms with Crippen molar-refractivity contribution in [2.24, 2.45) is 5.92 Å². The number of aromatic nitrogens is 4. The van der Waals surface area contributed by atoms with Gasteiger partial charge in [0.1, 0.15) is 6.61 Å². The maximum atomic E-state index is 9.07. The van der Waals surface area contributed by atoms with E-state index in [2.05, 4.69) is 15.5 Å². The molecule has 2 rings (SSSR count). The van der Waals surface area contributed by atoms with Gasteiger partial charge in [0, 0.05) is 6.54 Å². The number of unbranched alkanes of at least 4 members (excludes halogenated alkanes) is 3. The lowest BCUT2D eigenvalue weighted by molar-refractivity contribution is 0.261. The van der Waals surface area contributed by atoms with E-state index in [4.69, 9.17) is 5.11 Å². The fourth-order valence-corrected chi connectivity index (χ4v) is 3.39. The van der Waals surface area contributed by atoms with Crippen molar-refractivity contribution in [3.8, 4) is 0 Å². The molecule has 0 bridgehead atoms. The van der Waals surface area contributed by atoms with Crippen molar-refractivity contribution >= 4 is 0 Å². The predicted octanol–water partition coefficient (Wildman–Crippen LogP) is 3.48. The molecule has 0 unspecified atom stereocenters. The first-order chi connectivity index (χ1) is 10.4. The number of hydrogen-bond acceptors (Lipinski definition) is 4. The van der Waals surface area contributed by atoms with E-state index in [1.54, 1.807) is 4.68 Å². The summed E-state index contributed by atoms with van der Waals surface area (Å²) in [4.78, 5) is 0.